The lowest BCUT2D eigenvalue weighted by atomic mass is 9.64. The third-order valence-corrected chi connectivity index (χ3v) is 5.82. The van der Waals surface area contributed by atoms with E-state index >= 15 is 0 Å². The fourth-order valence-electron chi connectivity index (χ4n) is 4.17. The van der Waals surface area contributed by atoms with Crippen LogP contribution in [0.15, 0.2) is 83.3 Å². The van der Waals surface area contributed by atoms with Crippen molar-refractivity contribution in [2.45, 2.75) is 37.7 Å². The maximum Gasteiger partial charge on any atom is 0.327 e. The lowest BCUT2D eigenvalue weighted by Gasteiger charge is -2.36. The number of carbonyl (C=O) groups is 2. The Morgan fingerprint density at radius 1 is 0.968 bits per heavy atom. The van der Waals surface area contributed by atoms with E-state index in [0.29, 0.717) is 22.4 Å². The van der Waals surface area contributed by atoms with E-state index in [-0.39, 0.29) is 0 Å². The number of benzene rings is 3. The van der Waals surface area contributed by atoms with Crippen LogP contribution in [0.25, 0.3) is 0 Å². The van der Waals surface area contributed by atoms with E-state index in [1.54, 1.807) is 6.07 Å². The Bertz CT molecular complexity index is 1120. The van der Waals surface area contributed by atoms with Crippen LogP contribution < -0.4 is 4.74 Å². The van der Waals surface area contributed by atoms with Gasteiger partial charge in [0.25, 0.3) is 0 Å². The maximum atomic E-state index is 13.7. The molecule has 3 aromatic rings. The van der Waals surface area contributed by atoms with Gasteiger partial charge in [0, 0.05) is 10.0 Å². The van der Waals surface area contributed by atoms with Gasteiger partial charge in [0.05, 0.1) is 0 Å². The van der Waals surface area contributed by atoms with Crippen LogP contribution in [0.2, 0.25) is 0 Å². The third kappa shape index (κ3) is 3.79. The number of fused-ring (bicyclic) bond motifs is 1. The first-order valence-electron chi connectivity index (χ1n) is 10.1. The molecule has 0 aliphatic carbocycles. The fraction of sp³-hybridized carbons (Fsp3) is 0.231. The largest absolute Gasteiger partial charge is 0.459 e. The molecule has 1 heterocycles. The van der Waals surface area contributed by atoms with Gasteiger partial charge >= 0.3 is 11.9 Å². The zero-order valence-electron chi connectivity index (χ0n) is 17.6. The molecule has 0 bridgehead atoms. The van der Waals surface area contributed by atoms with E-state index < -0.39 is 28.9 Å². The average Bonchev–Trinajstić information content (AvgIpc) is 3.00. The summed E-state index contributed by atoms with van der Waals surface area (Å²) in [5.74, 6) is -1.46. The number of halogens is 1. The molecule has 0 amide bonds. The van der Waals surface area contributed by atoms with Gasteiger partial charge in [-0.25, -0.2) is 0 Å². The van der Waals surface area contributed by atoms with Gasteiger partial charge in [0.2, 0.25) is 0 Å². The molecular weight excluding hydrogens is 456 g/mol. The van der Waals surface area contributed by atoms with Crippen LogP contribution in [0, 0.1) is 0 Å². The highest BCUT2D eigenvalue weighted by atomic mass is 79.9. The highest BCUT2D eigenvalue weighted by Crippen LogP contribution is 2.53. The molecule has 0 spiro atoms. The van der Waals surface area contributed by atoms with Crippen molar-refractivity contribution in [1.29, 1.82) is 0 Å². The minimum atomic E-state index is -1.38. The van der Waals surface area contributed by atoms with Gasteiger partial charge in [-0.2, -0.15) is 0 Å². The van der Waals surface area contributed by atoms with Crippen LogP contribution in [0.4, 0.5) is 0 Å². The Kier molecular flexibility index (Phi) is 5.48. The van der Waals surface area contributed by atoms with Crippen molar-refractivity contribution in [1.82, 2.24) is 0 Å². The first-order valence-corrected chi connectivity index (χ1v) is 10.9. The normalized spacial score (nSPS) is 18.8. The molecule has 3 aromatic carbocycles. The molecule has 1 aliphatic heterocycles. The summed E-state index contributed by atoms with van der Waals surface area (Å²) in [6.45, 7) is 5.46. The van der Waals surface area contributed by atoms with Crippen molar-refractivity contribution in [2.24, 2.45) is 0 Å². The molecule has 0 N–H and O–H groups in total. The van der Waals surface area contributed by atoms with Crippen LogP contribution in [0.5, 0.6) is 5.75 Å². The van der Waals surface area contributed by atoms with Gasteiger partial charge in [0.1, 0.15) is 22.7 Å². The first-order chi connectivity index (χ1) is 14.7. The molecule has 31 heavy (non-hydrogen) atoms. The minimum Gasteiger partial charge on any atom is -0.459 e. The monoisotopic (exact) mass is 478 g/mol. The molecule has 0 unspecified atom stereocenters. The van der Waals surface area contributed by atoms with Gasteiger partial charge in [-0.1, -0.05) is 76.6 Å². The smallest absolute Gasteiger partial charge is 0.327 e. The highest BCUT2D eigenvalue weighted by Gasteiger charge is 2.59. The number of esters is 2. The van der Waals surface area contributed by atoms with Crippen LogP contribution >= 0.6 is 15.9 Å². The second-order valence-corrected chi connectivity index (χ2v) is 9.50. The zero-order valence-corrected chi connectivity index (χ0v) is 19.2. The Morgan fingerprint density at radius 3 is 2.19 bits per heavy atom. The third-order valence-electron chi connectivity index (χ3n) is 5.33. The zero-order chi connectivity index (χ0) is 22.2. The van der Waals surface area contributed by atoms with E-state index in [1.807, 2.05) is 93.6 Å². The predicted molar refractivity (Wildman–Crippen MR) is 122 cm³/mol. The molecule has 5 heteroatoms. The van der Waals surface area contributed by atoms with Crippen LogP contribution in [0.3, 0.4) is 0 Å². The molecule has 4 rings (SSSR count). The van der Waals surface area contributed by atoms with Gasteiger partial charge in [-0.05, 0) is 50.1 Å². The predicted octanol–water partition coefficient (Wildman–Crippen LogP) is 5.78. The molecule has 0 saturated heterocycles. The summed E-state index contributed by atoms with van der Waals surface area (Å²) in [7, 11) is 0. The van der Waals surface area contributed by atoms with Gasteiger partial charge in [-0.3, -0.25) is 9.59 Å². The summed E-state index contributed by atoms with van der Waals surface area (Å²) < 4.78 is 12.4. The summed E-state index contributed by atoms with van der Waals surface area (Å²) >= 11 is 3.52. The SMILES string of the molecule is CC(C)(C)OC(=O)[C@@H](c1ccccc1)[C@@]1(c2ccccc2)C(=O)Oc2ccc(Br)cc21. The summed E-state index contributed by atoms with van der Waals surface area (Å²) in [5, 5.41) is 0. The van der Waals surface area contributed by atoms with Crippen molar-refractivity contribution in [3.63, 3.8) is 0 Å². The molecule has 0 saturated carbocycles. The second-order valence-electron chi connectivity index (χ2n) is 8.58. The molecule has 0 aromatic heterocycles. The summed E-state index contributed by atoms with van der Waals surface area (Å²) in [6, 6.07) is 24.0. The molecule has 0 fully saturated rings. The van der Waals surface area contributed by atoms with Crippen LogP contribution in [-0.2, 0) is 19.7 Å². The standard InChI is InChI=1S/C26H23BrO4/c1-25(2,3)31-23(28)22(17-10-6-4-7-11-17)26(18-12-8-5-9-13-18)20-16-19(27)14-15-21(20)30-24(26)29/h4-16,22H,1-3H3/t22-,26+/m1/s1. The molecule has 2 atom stereocenters. The van der Waals surface area contributed by atoms with E-state index in [0.717, 1.165) is 4.47 Å². The number of hydrogen-bond acceptors (Lipinski definition) is 4. The quantitative estimate of drug-likeness (QED) is 0.352. The molecule has 1 aliphatic rings. The van der Waals surface area contributed by atoms with Gasteiger partial charge < -0.3 is 9.47 Å². The Balaban J connectivity index is 2.06. The summed E-state index contributed by atoms with van der Waals surface area (Å²) in [4.78, 5) is 27.4. The van der Waals surface area contributed by atoms with Gasteiger partial charge in [0.15, 0.2) is 0 Å². The number of ether oxygens (including phenoxy) is 2. The lowest BCUT2D eigenvalue weighted by molar-refractivity contribution is -0.161. The molecule has 4 nitrogen and oxygen atoms in total. The second kappa shape index (κ2) is 7.97. The fourth-order valence-corrected chi connectivity index (χ4v) is 4.53. The average molecular weight is 479 g/mol. The summed E-state index contributed by atoms with van der Waals surface area (Å²) in [5.41, 5.74) is -0.103. The Labute approximate surface area is 190 Å². The number of rotatable bonds is 4. The number of carbonyl (C=O) groups excluding carboxylic acids is 2. The van der Waals surface area contributed by atoms with Crippen molar-refractivity contribution in [3.05, 3.63) is 100 Å². The summed E-state index contributed by atoms with van der Waals surface area (Å²) in [6.07, 6.45) is 0. The Morgan fingerprint density at radius 2 is 1.58 bits per heavy atom. The van der Waals surface area contributed by atoms with Crippen molar-refractivity contribution in [2.75, 3.05) is 0 Å². The Hall–Kier alpha value is -2.92. The number of hydrogen-bond donors (Lipinski definition) is 0. The van der Waals surface area contributed by atoms with E-state index in [4.69, 9.17) is 9.47 Å². The first kappa shape index (κ1) is 21.3. The topological polar surface area (TPSA) is 52.6 Å². The minimum absolute atomic E-state index is 0.446. The van der Waals surface area contributed by atoms with Crippen molar-refractivity contribution >= 4 is 27.9 Å². The maximum absolute atomic E-state index is 13.7. The van der Waals surface area contributed by atoms with Crippen LogP contribution in [-0.4, -0.2) is 17.5 Å². The van der Waals surface area contributed by atoms with E-state index in [2.05, 4.69) is 15.9 Å². The van der Waals surface area contributed by atoms with Crippen LogP contribution in [0.1, 0.15) is 43.4 Å². The van der Waals surface area contributed by atoms with Gasteiger partial charge in [-0.15, -0.1) is 0 Å². The van der Waals surface area contributed by atoms with Crippen molar-refractivity contribution < 1.29 is 19.1 Å². The molecule has 0 radical (unpaired) electrons. The van der Waals surface area contributed by atoms with E-state index in [9.17, 15) is 9.59 Å². The lowest BCUT2D eigenvalue weighted by Crippen LogP contribution is -2.46. The highest BCUT2D eigenvalue weighted by molar-refractivity contribution is 9.10. The van der Waals surface area contributed by atoms with Crippen molar-refractivity contribution in [3.8, 4) is 5.75 Å². The molecular formula is C26H23BrO4. The van der Waals surface area contributed by atoms with E-state index in [1.165, 1.54) is 0 Å². The molecule has 158 valence electrons.